The minimum Gasteiger partial charge on any atom is -0.329 e. The summed E-state index contributed by atoms with van der Waals surface area (Å²) < 4.78 is 4.30. The third kappa shape index (κ3) is 7.36. The number of fused-ring (bicyclic) bond motifs is 1. The topological polar surface area (TPSA) is 68.8 Å². The molecule has 0 bridgehead atoms. The fraction of sp³-hybridized carbons (Fsp3) is 0.535. The van der Waals surface area contributed by atoms with Crippen molar-refractivity contribution in [2.24, 2.45) is 23.2 Å². The van der Waals surface area contributed by atoms with Gasteiger partial charge in [0.1, 0.15) is 17.1 Å². The third-order valence-electron chi connectivity index (χ3n) is 12.3. The van der Waals surface area contributed by atoms with E-state index in [1.165, 1.54) is 45.7 Å². The van der Waals surface area contributed by atoms with Crippen LogP contribution in [0, 0.1) is 37.0 Å². The Kier molecular flexibility index (Phi) is 10.6. The van der Waals surface area contributed by atoms with Crippen molar-refractivity contribution in [3.05, 3.63) is 98.8 Å². The number of Topliss-reactive ketones (excluding diaryl/α,β-unsaturated/α-hetero) is 1. The number of imidazole rings is 1. The Bertz CT molecular complexity index is 1950. The minimum atomic E-state index is -0.606. The maximum absolute atomic E-state index is 14.9. The molecule has 0 radical (unpaired) electrons. The molecule has 3 aromatic heterocycles. The van der Waals surface area contributed by atoms with Gasteiger partial charge in [-0.25, -0.2) is 9.67 Å². The van der Waals surface area contributed by atoms with Crippen molar-refractivity contribution in [3.8, 4) is 0 Å². The summed E-state index contributed by atoms with van der Waals surface area (Å²) >= 11 is 1.86. The monoisotopic (exact) mass is 704 g/mol. The van der Waals surface area contributed by atoms with Gasteiger partial charge >= 0.3 is 0 Å². The molecule has 270 valence electrons. The Morgan fingerprint density at radius 2 is 1.76 bits per heavy atom. The Balaban J connectivity index is 1.18. The molecule has 4 heterocycles. The van der Waals surface area contributed by atoms with Crippen LogP contribution >= 0.6 is 11.3 Å². The third-order valence-corrected chi connectivity index (χ3v) is 13.5. The number of hydrogen-bond donors (Lipinski definition) is 0. The van der Waals surface area contributed by atoms with Crippen LogP contribution in [0.25, 0.3) is 11.0 Å². The summed E-state index contributed by atoms with van der Waals surface area (Å²) in [5.74, 6) is 2.94. The molecule has 2 aromatic carbocycles. The van der Waals surface area contributed by atoms with Crippen molar-refractivity contribution >= 4 is 28.2 Å². The average molecular weight is 705 g/mol. The number of rotatable bonds is 13. The van der Waals surface area contributed by atoms with E-state index in [1.807, 2.05) is 22.2 Å². The number of thiophene rings is 1. The molecule has 2 unspecified atom stereocenters. The number of hydrogen-bond acceptors (Lipinski definition) is 6. The molecule has 2 fully saturated rings. The van der Waals surface area contributed by atoms with Crippen LogP contribution in [0.15, 0.2) is 60.9 Å². The molecule has 2 aliphatic rings. The van der Waals surface area contributed by atoms with Gasteiger partial charge in [0.25, 0.3) is 0 Å². The van der Waals surface area contributed by atoms with Crippen molar-refractivity contribution in [3.63, 3.8) is 0 Å². The molecule has 1 saturated carbocycles. The largest absolute Gasteiger partial charge is 0.329 e. The number of aryl methyl sites for hydroxylation is 3. The number of ketones is 1. The smallest absolute Gasteiger partial charge is 0.142 e. The Morgan fingerprint density at radius 3 is 2.51 bits per heavy atom. The zero-order chi connectivity index (χ0) is 35.7. The highest BCUT2D eigenvalue weighted by atomic mass is 32.1. The van der Waals surface area contributed by atoms with Gasteiger partial charge in [0.15, 0.2) is 0 Å². The van der Waals surface area contributed by atoms with E-state index < -0.39 is 5.41 Å². The summed E-state index contributed by atoms with van der Waals surface area (Å²) in [6.07, 6.45) is 12.1. The zero-order valence-electron chi connectivity index (χ0n) is 31.6. The van der Waals surface area contributed by atoms with Gasteiger partial charge in [0.2, 0.25) is 0 Å². The van der Waals surface area contributed by atoms with E-state index >= 15 is 0 Å². The molecule has 1 aliphatic heterocycles. The van der Waals surface area contributed by atoms with E-state index in [2.05, 4.69) is 116 Å². The molecule has 5 aromatic rings. The zero-order valence-corrected chi connectivity index (χ0v) is 32.4. The SMILES string of the molecule is CCC1CCN(Cc2nccn2Cc2cc([C@@H](c3ccc4c(nnn4CC)c3C)C(C)(C)C(=O)C3CCC(Cc4ccccc4)C3)sc2C)CC1. The number of benzene rings is 2. The maximum Gasteiger partial charge on any atom is 0.142 e. The lowest BCUT2D eigenvalue weighted by molar-refractivity contribution is -0.131. The minimum absolute atomic E-state index is 0.0812. The fourth-order valence-corrected chi connectivity index (χ4v) is 10.5. The lowest BCUT2D eigenvalue weighted by atomic mass is 9.67. The average Bonchev–Trinajstić information content (AvgIpc) is 3.95. The number of nitrogens with zero attached hydrogens (tertiary/aromatic N) is 6. The van der Waals surface area contributed by atoms with Gasteiger partial charge in [0, 0.05) is 52.5 Å². The van der Waals surface area contributed by atoms with Gasteiger partial charge < -0.3 is 4.57 Å². The molecule has 0 spiro atoms. The first kappa shape index (κ1) is 35.8. The van der Waals surface area contributed by atoms with Crippen LogP contribution in [0.2, 0.25) is 0 Å². The second-order valence-corrected chi connectivity index (χ2v) is 17.3. The highest BCUT2D eigenvalue weighted by Gasteiger charge is 2.45. The molecule has 7 rings (SSSR count). The van der Waals surface area contributed by atoms with E-state index in [1.54, 1.807) is 0 Å². The predicted molar refractivity (Wildman–Crippen MR) is 208 cm³/mol. The second-order valence-electron chi connectivity index (χ2n) is 16.0. The molecule has 51 heavy (non-hydrogen) atoms. The van der Waals surface area contributed by atoms with Gasteiger partial charge in [-0.05, 0) is 119 Å². The van der Waals surface area contributed by atoms with Crippen LogP contribution in [-0.4, -0.2) is 48.3 Å². The van der Waals surface area contributed by atoms with Gasteiger partial charge in [0.05, 0.1) is 12.1 Å². The molecule has 1 aliphatic carbocycles. The van der Waals surface area contributed by atoms with E-state index in [0.717, 1.165) is 86.7 Å². The molecule has 0 N–H and O–H groups in total. The molecular weight excluding hydrogens is 649 g/mol. The second kappa shape index (κ2) is 15.2. The summed E-state index contributed by atoms with van der Waals surface area (Å²) in [7, 11) is 0. The van der Waals surface area contributed by atoms with Gasteiger partial charge in [-0.1, -0.05) is 68.8 Å². The normalized spacial score (nSPS) is 19.6. The number of likely N-dealkylation sites (tertiary alicyclic amines) is 1. The van der Waals surface area contributed by atoms with Gasteiger partial charge in [-0.15, -0.1) is 16.4 Å². The van der Waals surface area contributed by atoms with Gasteiger partial charge in [-0.3, -0.25) is 9.69 Å². The molecule has 7 nitrogen and oxygen atoms in total. The van der Waals surface area contributed by atoms with Crippen LogP contribution in [-0.2, 0) is 30.8 Å². The Hall–Kier alpha value is -3.62. The highest BCUT2D eigenvalue weighted by Crippen LogP contribution is 2.50. The number of carbonyl (C=O) groups excluding carboxylic acids is 1. The maximum atomic E-state index is 14.9. The lowest BCUT2D eigenvalue weighted by Gasteiger charge is -2.36. The molecular formula is C43H56N6OS. The number of aromatic nitrogens is 5. The van der Waals surface area contributed by atoms with Crippen molar-refractivity contribution < 1.29 is 4.79 Å². The summed E-state index contributed by atoms with van der Waals surface area (Å²) in [5.41, 5.74) is 6.39. The van der Waals surface area contributed by atoms with Crippen molar-refractivity contribution in [2.45, 2.75) is 112 Å². The van der Waals surface area contributed by atoms with Crippen molar-refractivity contribution in [2.75, 3.05) is 13.1 Å². The van der Waals surface area contributed by atoms with Crippen LogP contribution < -0.4 is 0 Å². The summed E-state index contributed by atoms with van der Waals surface area (Å²) in [6, 6.07) is 17.6. The summed E-state index contributed by atoms with van der Waals surface area (Å²) in [5, 5.41) is 9.10. The summed E-state index contributed by atoms with van der Waals surface area (Å²) in [4.78, 5) is 24.8. The van der Waals surface area contributed by atoms with E-state index in [-0.39, 0.29) is 11.8 Å². The van der Waals surface area contributed by atoms with Crippen LogP contribution in [0.1, 0.15) is 110 Å². The van der Waals surface area contributed by atoms with Gasteiger partial charge in [-0.2, -0.15) is 0 Å². The lowest BCUT2D eigenvalue weighted by Crippen LogP contribution is -2.36. The molecule has 8 heteroatoms. The quantitative estimate of drug-likeness (QED) is 0.122. The van der Waals surface area contributed by atoms with Crippen molar-refractivity contribution in [1.82, 2.24) is 29.4 Å². The van der Waals surface area contributed by atoms with E-state index in [9.17, 15) is 4.79 Å². The standard InChI is InChI=1S/C43H56N6OS/c1-7-31-18-21-47(22-19-31)28-39-44-20-23-48(39)27-35-26-38(51-30(35)4)40(36-16-17-37-41(29(36)3)45-46-49(37)8-2)43(5,6)42(50)34-15-14-33(25-34)24-32-12-10-9-11-13-32/h9-13,16-17,20,23,26,31,33-34,40H,7-8,14-15,18-19,21-22,24-25,27-28H2,1-6H3/t33?,34?,40-/m1/s1. The van der Waals surface area contributed by atoms with E-state index in [0.29, 0.717) is 11.7 Å². The van der Waals surface area contributed by atoms with Crippen LogP contribution in [0.4, 0.5) is 0 Å². The first-order chi connectivity index (χ1) is 24.7. The molecule has 1 saturated heterocycles. The van der Waals surface area contributed by atoms with Crippen LogP contribution in [0.5, 0.6) is 0 Å². The fourth-order valence-electron chi connectivity index (χ4n) is 9.16. The Labute approximate surface area is 308 Å². The predicted octanol–water partition coefficient (Wildman–Crippen LogP) is 9.38. The van der Waals surface area contributed by atoms with Crippen molar-refractivity contribution in [1.29, 1.82) is 0 Å². The number of piperidine rings is 1. The number of carbonyl (C=O) groups is 1. The summed E-state index contributed by atoms with van der Waals surface area (Å²) in [6.45, 7) is 18.0. The molecule has 3 atom stereocenters. The molecule has 0 amide bonds. The van der Waals surface area contributed by atoms with E-state index in [4.69, 9.17) is 4.98 Å². The van der Waals surface area contributed by atoms with Crippen LogP contribution in [0.3, 0.4) is 0 Å². The first-order valence-corrected chi connectivity index (χ1v) is 20.2. The highest BCUT2D eigenvalue weighted by molar-refractivity contribution is 7.12. The first-order valence-electron chi connectivity index (χ1n) is 19.4. The Morgan fingerprint density at radius 1 is 0.980 bits per heavy atom.